The first-order valence-corrected chi connectivity index (χ1v) is 17.5. The van der Waals surface area contributed by atoms with Gasteiger partial charge < -0.3 is 29.1 Å². The predicted octanol–water partition coefficient (Wildman–Crippen LogP) is 6.56. The number of methoxy groups -OCH3 is 2. The fourth-order valence-corrected chi connectivity index (χ4v) is 7.07. The van der Waals surface area contributed by atoms with Gasteiger partial charge >= 0.3 is 11.9 Å². The zero-order valence-corrected chi connectivity index (χ0v) is 29.9. The van der Waals surface area contributed by atoms with E-state index in [1.165, 1.54) is 38.0 Å². The van der Waals surface area contributed by atoms with Crippen molar-refractivity contribution in [1.82, 2.24) is 10.2 Å². The first kappa shape index (κ1) is 36.4. The maximum absolute atomic E-state index is 13.6. The fourth-order valence-electron chi connectivity index (χ4n) is 5.67. The third-order valence-corrected chi connectivity index (χ3v) is 10.1. The molecule has 1 N–H and O–H groups in total. The average molecular weight is 729 g/mol. The average Bonchev–Trinajstić information content (AvgIpc) is 3.58. The maximum Gasteiger partial charge on any atom is 0.339 e. The summed E-state index contributed by atoms with van der Waals surface area (Å²) in [6, 6.07) is 15.7. The topological polar surface area (TPSA) is 113 Å². The molecule has 1 aliphatic rings. The highest BCUT2D eigenvalue weighted by Gasteiger charge is 2.27. The van der Waals surface area contributed by atoms with Crippen LogP contribution in [0.25, 0.3) is 0 Å². The molecule has 0 spiro atoms. The Morgan fingerprint density at radius 3 is 2.37 bits per heavy atom. The SMILES string of the molecule is COc1ccc(C(Cc2c(Cl)c[n+]([O-])cc2Cl)OC(=O)c2csc(CNC(C(=O)OCC3CCN(C)CC3)c3ccccc3)c2)cc1OC. The standard InChI is InChI=1S/C36H39Cl2N3O7S/c1-40-13-11-23(12-14-40)21-47-36(43)34(24-7-5-4-6-8-24)39-18-27-15-26(22-49-27)35(42)48-32(17-28-29(37)19-41(44)20-30(28)38)25-9-10-31(45-2)33(16-25)46-3/h4-10,15-16,19-20,22-23,32,34,39H,11-14,17-18,21H2,1-3H3. The molecule has 10 nitrogen and oxygen atoms in total. The van der Waals surface area contributed by atoms with Crippen LogP contribution in [0.2, 0.25) is 10.0 Å². The van der Waals surface area contributed by atoms with Crippen LogP contribution in [0.5, 0.6) is 11.5 Å². The van der Waals surface area contributed by atoms with Crippen molar-refractivity contribution in [3.8, 4) is 11.5 Å². The molecule has 2 aromatic heterocycles. The Kier molecular flexibility index (Phi) is 12.8. The van der Waals surface area contributed by atoms with Gasteiger partial charge in [0.1, 0.15) is 22.2 Å². The molecule has 49 heavy (non-hydrogen) atoms. The van der Waals surface area contributed by atoms with Gasteiger partial charge in [-0.2, -0.15) is 4.73 Å². The third-order valence-electron chi connectivity index (χ3n) is 8.51. The van der Waals surface area contributed by atoms with Crippen molar-refractivity contribution in [2.24, 2.45) is 5.92 Å². The molecule has 5 rings (SSSR count). The molecular formula is C36H39Cl2N3O7S. The lowest BCUT2D eigenvalue weighted by molar-refractivity contribution is -0.605. The van der Waals surface area contributed by atoms with E-state index in [-0.39, 0.29) is 22.4 Å². The summed E-state index contributed by atoms with van der Waals surface area (Å²) in [5.41, 5.74) is 2.20. The van der Waals surface area contributed by atoms with E-state index < -0.39 is 18.1 Å². The van der Waals surface area contributed by atoms with Gasteiger partial charge in [-0.05, 0) is 68.2 Å². The van der Waals surface area contributed by atoms with Crippen LogP contribution in [-0.2, 0) is 27.2 Å². The molecule has 13 heteroatoms. The van der Waals surface area contributed by atoms with Crippen molar-refractivity contribution in [3.63, 3.8) is 0 Å². The van der Waals surface area contributed by atoms with E-state index in [4.69, 9.17) is 42.1 Å². The molecule has 0 saturated carbocycles. The Bertz CT molecular complexity index is 1710. The second-order valence-corrected chi connectivity index (χ2v) is 13.7. The Labute approximate surface area is 300 Å². The molecule has 1 saturated heterocycles. The molecule has 0 aliphatic carbocycles. The van der Waals surface area contributed by atoms with Crippen LogP contribution < -0.4 is 19.5 Å². The summed E-state index contributed by atoms with van der Waals surface area (Å²) in [5, 5.41) is 17.2. The number of esters is 2. The summed E-state index contributed by atoms with van der Waals surface area (Å²) in [6.07, 6.45) is 3.65. The predicted molar refractivity (Wildman–Crippen MR) is 188 cm³/mol. The minimum atomic E-state index is -0.840. The number of pyridine rings is 1. The third kappa shape index (κ3) is 9.64. The second kappa shape index (κ2) is 17.2. The Hall–Kier alpha value is -3.87. The van der Waals surface area contributed by atoms with Gasteiger partial charge in [0.2, 0.25) is 0 Å². The van der Waals surface area contributed by atoms with Crippen LogP contribution in [0.4, 0.5) is 0 Å². The summed E-state index contributed by atoms with van der Waals surface area (Å²) < 4.78 is 23.2. The maximum atomic E-state index is 13.6. The summed E-state index contributed by atoms with van der Waals surface area (Å²) in [4.78, 5) is 30.0. The number of benzene rings is 2. The molecule has 0 radical (unpaired) electrons. The van der Waals surface area contributed by atoms with Crippen LogP contribution in [0.15, 0.2) is 72.4 Å². The Morgan fingerprint density at radius 2 is 1.69 bits per heavy atom. The second-order valence-electron chi connectivity index (χ2n) is 11.9. The van der Waals surface area contributed by atoms with Crippen molar-refractivity contribution in [3.05, 3.63) is 115 Å². The number of likely N-dealkylation sites (tertiary alicyclic amines) is 1. The van der Waals surface area contributed by atoms with Crippen LogP contribution in [0.1, 0.15) is 56.9 Å². The number of carbonyl (C=O) groups is 2. The van der Waals surface area contributed by atoms with E-state index in [0.717, 1.165) is 36.4 Å². The number of nitrogens with zero attached hydrogens (tertiary/aromatic N) is 2. The van der Waals surface area contributed by atoms with Gasteiger partial charge in [0, 0.05) is 28.8 Å². The first-order chi connectivity index (χ1) is 23.6. The molecule has 2 atom stereocenters. The smallest absolute Gasteiger partial charge is 0.339 e. The largest absolute Gasteiger partial charge is 0.619 e. The van der Waals surface area contributed by atoms with Gasteiger partial charge in [0.05, 0.1) is 26.4 Å². The van der Waals surface area contributed by atoms with Gasteiger partial charge in [-0.1, -0.05) is 59.6 Å². The lowest BCUT2D eigenvalue weighted by Crippen LogP contribution is -2.34. The van der Waals surface area contributed by atoms with Gasteiger partial charge in [-0.3, -0.25) is 5.32 Å². The van der Waals surface area contributed by atoms with Crippen molar-refractivity contribution in [2.75, 3.05) is 41.0 Å². The van der Waals surface area contributed by atoms with E-state index in [9.17, 15) is 14.8 Å². The number of rotatable bonds is 14. The number of carbonyl (C=O) groups excluding carboxylic acids is 2. The number of aromatic nitrogens is 1. The normalized spacial score (nSPS) is 15.0. The van der Waals surface area contributed by atoms with E-state index in [1.807, 2.05) is 30.3 Å². The highest BCUT2D eigenvalue weighted by molar-refractivity contribution is 7.10. The number of ether oxygens (including phenoxy) is 4. The highest BCUT2D eigenvalue weighted by Crippen LogP contribution is 2.36. The molecule has 3 heterocycles. The molecule has 0 amide bonds. The summed E-state index contributed by atoms with van der Waals surface area (Å²) >= 11 is 14.2. The molecule has 2 aromatic carbocycles. The van der Waals surface area contributed by atoms with Crippen LogP contribution in [0.3, 0.4) is 0 Å². The molecular weight excluding hydrogens is 689 g/mol. The molecule has 2 unspecified atom stereocenters. The molecule has 1 fully saturated rings. The first-order valence-electron chi connectivity index (χ1n) is 15.9. The lowest BCUT2D eigenvalue weighted by Gasteiger charge is -2.29. The lowest BCUT2D eigenvalue weighted by atomic mass is 9.98. The monoisotopic (exact) mass is 727 g/mol. The van der Waals surface area contributed by atoms with Gasteiger partial charge in [0.25, 0.3) is 0 Å². The van der Waals surface area contributed by atoms with Gasteiger partial charge in [-0.25, -0.2) is 9.59 Å². The number of halogens is 2. The van der Waals surface area contributed by atoms with Crippen LogP contribution >= 0.6 is 34.5 Å². The minimum absolute atomic E-state index is 0.0940. The molecule has 260 valence electrons. The van der Waals surface area contributed by atoms with Crippen molar-refractivity contribution in [1.29, 1.82) is 0 Å². The Morgan fingerprint density at radius 1 is 1.00 bits per heavy atom. The summed E-state index contributed by atoms with van der Waals surface area (Å²) in [5.74, 6) is 0.406. The van der Waals surface area contributed by atoms with E-state index in [0.29, 0.717) is 52.0 Å². The summed E-state index contributed by atoms with van der Waals surface area (Å²) in [6.45, 7) is 2.71. The molecule has 4 aromatic rings. The number of nitrogens with one attached hydrogen (secondary N) is 1. The van der Waals surface area contributed by atoms with E-state index in [2.05, 4.69) is 17.3 Å². The van der Waals surface area contributed by atoms with Crippen molar-refractivity contribution >= 4 is 46.5 Å². The molecule has 0 bridgehead atoms. The van der Waals surface area contributed by atoms with Crippen LogP contribution in [0, 0.1) is 11.1 Å². The Balaban J connectivity index is 1.29. The van der Waals surface area contributed by atoms with Crippen molar-refractivity contribution in [2.45, 2.75) is 38.0 Å². The number of piperidine rings is 1. The van der Waals surface area contributed by atoms with Crippen LogP contribution in [-0.4, -0.2) is 57.8 Å². The summed E-state index contributed by atoms with van der Waals surface area (Å²) in [7, 11) is 5.14. The quantitative estimate of drug-likeness (QED) is 0.0877. The molecule has 1 aliphatic heterocycles. The highest BCUT2D eigenvalue weighted by atomic mass is 35.5. The van der Waals surface area contributed by atoms with Gasteiger partial charge in [0.15, 0.2) is 23.9 Å². The van der Waals surface area contributed by atoms with E-state index >= 15 is 0 Å². The number of hydrogen-bond acceptors (Lipinski definition) is 10. The number of hydrogen-bond donors (Lipinski definition) is 1. The van der Waals surface area contributed by atoms with Crippen molar-refractivity contribution < 1.29 is 33.3 Å². The zero-order valence-electron chi connectivity index (χ0n) is 27.5. The van der Waals surface area contributed by atoms with Gasteiger partial charge in [-0.15, -0.1) is 11.3 Å². The zero-order chi connectivity index (χ0) is 34.9. The fraction of sp³-hybridized carbons (Fsp3) is 0.361. The number of thiophene rings is 1. The minimum Gasteiger partial charge on any atom is -0.619 e. The van der Waals surface area contributed by atoms with E-state index in [1.54, 1.807) is 29.6 Å².